The van der Waals surface area contributed by atoms with Gasteiger partial charge in [-0.3, -0.25) is 19.4 Å². The molecule has 0 spiro atoms. The second kappa shape index (κ2) is 13.7. The van der Waals surface area contributed by atoms with Crippen LogP contribution in [0, 0.1) is 0 Å². The Bertz CT molecular complexity index is 966. The molecule has 0 saturated carbocycles. The van der Waals surface area contributed by atoms with E-state index in [0.717, 1.165) is 6.08 Å². The first kappa shape index (κ1) is 27.4. The van der Waals surface area contributed by atoms with Crippen LogP contribution in [0.1, 0.15) is 24.8 Å². The van der Waals surface area contributed by atoms with Crippen molar-refractivity contribution in [2.45, 2.75) is 31.3 Å². The van der Waals surface area contributed by atoms with E-state index >= 15 is 0 Å². The lowest BCUT2D eigenvalue weighted by Gasteiger charge is -2.19. The monoisotopic (exact) mass is 476 g/mol. The van der Waals surface area contributed by atoms with Gasteiger partial charge in [0.1, 0.15) is 12.1 Å². The van der Waals surface area contributed by atoms with E-state index in [1.54, 1.807) is 24.3 Å². The van der Waals surface area contributed by atoms with Crippen molar-refractivity contribution >= 4 is 47.4 Å². The number of carbonyl (C=O) groups excluding carboxylic acids is 2. The summed E-state index contributed by atoms with van der Waals surface area (Å²) in [5.74, 6) is -4.67. The van der Waals surface area contributed by atoms with Crippen LogP contribution in [0.25, 0.3) is 6.08 Å². The minimum Gasteiger partial charge on any atom is -0.481 e. The van der Waals surface area contributed by atoms with Gasteiger partial charge in [-0.1, -0.05) is 12.1 Å². The molecule has 0 heterocycles. The standard InChI is InChI=1S/C20H28N8O6/c21-19(22)25-9-1-2-13(18(33)34)28-17(32)14(10-16(30)31)27-15(29)8-5-11-3-6-12(7-4-11)26-20(23)24/h3-8,13-14H,1-2,9-10H2,(H,27,29)(H,28,32)(H,30,31)(H,33,34)(H4,21,22,25)(H4,23,24,26)/t13-,14-/m0/s1. The summed E-state index contributed by atoms with van der Waals surface area (Å²) < 4.78 is 0. The van der Waals surface area contributed by atoms with E-state index < -0.39 is 42.3 Å². The van der Waals surface area contributed by atoms with E-state index in [1.807, 2.05) is 0 Å². The van der Waals surface area contributed by atoms with Crippen molar-refractivity contribution in [2.24, 2.45) is 32.9 Å². The van der Waals surface area contributed by atoms with Gasteiger partial charge in [0.15, 0.2) is 11.9 Å². The zero-order chi connectivity index (χ0) is 25.7. The molecule has 12 N–H and O–H groups in total. The van der Waals surface area contributed by atoms with E-state index in [0.29, 0.717) is 11.3 Å². The summed E-state index contributed by atoms with van der Waals surface area (Å²) in [4.78, 5) is 54.9. The summed E-state index contributed by atoms with van der Waals surface area (Å²) in [5.41, 5.74) is 22.1. The van der Waals surface area contributed by atoms with Crippen molar-refractivity contribution in [1.82, 2.24) is 10.6 Å². The summed E-state index contributed by atoms with van der Waals surface area (Å²) in [5, 5.41) is 22.9. The summed E-state index contributed by atoms with van der Waals surface area (Å²) in [6.07, 6.45) is 2.01. The van der Waals surface area contributed by atoms with Crippen LogP contribution in [-0.4, -0.2) is 64.5 Å². The molecular formula is C20H28N8O6. The number of hydrogen-bond donors (Lipinski definition) is 8. The number of hydrogen-bond acceptors (Lipinski definition) is 6. The Hall–Kier alpha value is -4.62. The third-order valence-corrected chi connectivity index (χ3v) is 4.15. The Morgan fingerprint density at radius 2 is 1.59 bits per heavy atom. The van der Waals surface area contributed by atoms with Gasteiger partial charge in [0, 0.05) is 12.6 Å². The second-order valence-corrected chi connectivity index (χ2v) is 6.97. The molecule has 0 unspecified atom stereocenters. The Morgan fingerprint density at radius 3 is 2.12 bits per heavy atom. The van der Waals surface area contributed by atoms with Crippen molar-refractivity contribution in [3.63, 3.8) is 0 Å². The van der Waals surface area contributed by atoms with Crippen LogP contribution in [0.4, 0.5) is 5.69 Å². The molecule has 34 heavy (non-hydrogen) atoms. The topological polar surface area (TPSA) is 262 Å². The summed E-state index contributed by atoms with van der Waals surface area (Å²) in [6.45, 7) is 0.148. The Morgan fingerprint density at radius 1 is 0.941 bits per heavy atom. The Balaban J connectivity index is 2.80. The highest BCUT2D eigenvalue weighted by molar-refractivity contribution is 5.97. The average Bonchev–Trinajstić information content (AvgIpc) is 2.73. The summed E-state index contributed by atoms with van der Waals surface area (Å²) >= 11 is 0. The maximum atomic E-state index is 12.5. The van der Waals surface area contributed by atoms with Gasteiger partial charge in [-0.25, -0.2) is 9.79 Å². The number of carboxylic acid groups (broad SMARTS) is 2. The fraction of sp³-hybridized carbons (Fsp3) is 0.300. The summed E-state index contributed by atoms with van der Waals surface area (Å²) in [6, 6.07) is 3.65. The molecule has 14 heteroatoms. The first-order valence-electron chi connectivity index (χ1n) is 9.96. The minimum atomic E-state index is -1.50. The molecule has 184 valence electrons. The molecule has 0 aliphatic rings. The number of aliphatic imine (C=N–C) groups is 2. The molecule has 2 atom stereocenters. The highest BCUT2D eigenvalue weighted by atomic mass is 16.4. The minimum absolute atomic E-state index is 0.0126. The molecule has 0 aromatic heterocycles. The van der Waals surface area contributed by atoms with Gasteiger partial charge in [-0.2, -0.15) is 0 Å². The number of nitrogens with two attached hydrogens (primary N) is 4. The van der Waals surface area contributed by atoms with Crippen molar-refractivity contribution in [2.75, 3.05) is 6.54 Å². The third-order valence-electron chi connectivity index (χ3n) is 4.15. The van der Waals surface area contributed by atoms with E-state index in [9.17, 15) is 24.3 Å². The van der Waals surface area contributed by atoms with Crippen LogP contribution in [0.15, 0.2) is 40.3 Å². The highest BCUT2D eigenvalue weighted by Gasteiger charge is 2.27. The van der Waals surface area contributed by atoms with Gasteiger partial charge in [0.05, 0.1) is 12.1 Å². The lowest BCUT2D eigenvalue weighted by Crippen LogP contribution is -2.52. The second-order valence-electron chi connectivity index (χ2n) is 6.97. The molecule has 0 aliphatic heterocycles. The van der Waals surface area contributed by atoms with Crippen LogP contribution in [-0.2, 0) is 19.2 Å². The molecular weight excluding hydrogens is 448 g/mol. The number of benzene rings is 1. The first-order valence-corrected chi connectivity index (χ1v) is 9.96. The maximum absolute atomic E-state index is 12.5. The van der Waals surface area contributed by atoms with Gasteiger partial charge < -0.3 is 43.8 Å². The lowest BCUT2D eigenvalue weighted by molar-refractivity contribution is -0.143. The molecule has 1 aromatic carbocycles. The van der Waals surface area contributed by atoms with E-state index in [4.69, 9.17) is 28.0 Å². The largest absolute Gasteiger partial charge is 0.481 e. The Kier molecular flexibility index (Phi) is 11.1. The predicted molar refractivity (Wildman–Crippen MR) is 125 cm³/mol. The molecule has 1 rings (SSSR count). The number of aliphatic carboxylic acids is 2. The average molecular weight is 476 g/mol. The number of nitrogens with zero attached hydrogens (tertiary/aromatic N) is 2. The van der Waals surface area contributed by atoms with E-state index in [2.05, 4.69) is 20.6 Å². The molecule has 1 aromatic rings. The summed E-state index contributed by atoms with van der Waals surface area (Å²) in [7, 11) is 0. The number of rotatable bonds is 13. The molecule has 0 saturated heterocycles. The van der Waals surface area contributed by atoms with Crippen LogP contribution < -0.4 is 33.6 Å². The quantitative estimate of drug-likeness (QED) is 0.0684. The molecule has 0 fully saturated rings. The lowest BCUT2D eigenvalue weighted by atomic mass is 10.1. The third kappa shape index (κ3) is 11.1. The molecule has 2 amide bonds. The fourth-order valence-corrected chi connectivity index (χ4v) is 2.62. The van der Waals surface area contributed by atoms with Crippen LogP contribution in [0.2, 0.25) is 0 Å². The van der Waals surface area contributed by atoms with Crippen LogP contribution in [0.3, 0.4) is 0 Å². The molecule has 14 nitrogen and oxygen atoms in total. The van der Waals surface area contributed by atoms with Crippen molar-refractivity contribution in [3.8, 4) is 0 Å². The van der Waals surface area contributed by atoms with Crippen molar-refractivity contribution in [3.05, 3.63) is 35.9 Å². The van der Waals surface area contributed by atoms with Gasteiger partial charge in [0.2, 0.25) is 11.8 Å². The van der Waals surface area contributed by atoms with Crippen molar-refractivity contribution in [1.29, 1.82) is 0 Å². The number of nitrogens with one attached hydrogen (secondary N) is 2. The fourth-order valence-electron chi connectivity index (χ4n) is 2.62. The SMILES string of the molecule is NC(N)=NCCC[C@H](NC(=O)[C@H](CC(=O)O)NC(=O)C=Cc1ccc(N=C(N)N)cc1)C(=O)O. The van der Waals surface area contributed by atoms with Crippen molar-refractivity contribution < 1.29 is 29.4 Å². The molecule has 0 radical (unpaired) electrons. The molecule has 0 aliphatic carbocycles. The zero-order valence-corrected chi connectivity index (χ0v) is 18.2. The van der Waals surface area contributed by atoms with Gasteiger partial charge >= 0.3 is 11.9 Å². The van der Waals surface area contributed by atoms with E-state index in [-0.39, 0.29) is 31.3 Å². The van der Waals surface area contributed by atoms with Crippen LogP contribution in [0.5, 0.6) is 0 Å². The van der Waals surface area contributed by atoms with E-state index in [1.165, 1.54) is 6.08 Å². The number of carboxylic acids is 2. The first-order chi connectivity index (χ1) is 16.0. The van der Waals surface area contributed by atoms with Gasteiger partial charge in [-0.15, -0.1) is 0 Å². The maximum Gasteiger partial charge on any atom is 0.326 e. The Labute approximate surface area is 194 Å². The van der Waals surface area contributed by atoms with Gasteiger partial charge in [0.25, 0.3) is 0 Å². The number of guanidine groups is 2. The smallest absolute Gasteiger partial charge is 0.326 e. The normalized spacial score (nSPS) is 12.2. The number of carbonyl (C=O) groups is 4. The number of amides is 2. The molecule has 0 bridgehead atoms. The van der Waals surface area contributed by atoms with Crippen LogP contribution >= 0.6 is 0 Å². The van der Waals surface area contributed by atoms with Gasteiger partial charge in [-0.05, 0) is 36.6 Å². The highest BCUT2D eigenvalue weighted by Crippen LogP contribution is 2.13. The predicted octanol–water partition coefficient (Wildman–Crippen LogP) is -1.81. The zero-order valence-electron chi connectivity index (χ0n) is 18.2.